The highest BCUT2D eigenvalue weighted by molar-refractivity contribution is 6.33. The Labute approximate surface area is 187 Å². The fourth-order valence-corrected chi connectivity index (χ4v) is 3.34. The third-order valence-corrected chi connectivity index (χ3v) is 4.99. The molecule has 2 aromatic heterocycles. The summed E-state index contributed by atoms with van der Waals surface area (Å²) in [6.07, 6.45) is 0. The molecule has 0 aliphatic carbocycles. The van der Waals surface area contributed by atoms with Crippen molar-refractivity contribution >= 4 is 29.2 Å². The number of hydrogen-bond donors (Lipinski definition) is 3. The van der Waals surface area contributed by atoms with Gasteiger partial charge in [-0.05, 0) is 19.9 Å². The second kappa shape index (κ2) is 8.94. The number of nitrogens with zero attached hydrogens (tertiary/aromatic N) is 2. The molecule has 0 fully saturated rings. The standard InChI is InChI=1S/C22H18ClN5O4/c1-12-17(19(27-31-12)14-8-4-3-5-9-14)21(29)25-26-22(30)24-18-13(2)32-28-20(18)15-10-6-7-11-16(15)23/h3-11H,1-2H3,(H,25,29)(H2,24,26,30). The highest BCUT2D eigenvalue weighted by atomic mass is 35.5. The van der Waals surface area contributed by atoms with E-state index in [2.05, 4.69) is 26.5 Å². The Kier molecular flexibility index (Phi) is 5.91. The average molecular weight is 452 g/mol. The lowest BCUT2D eigenvalue weighted by Gasteiger charge is -2.10. The third kappa shape index (κ3) is 4.19. The van der Waals surface area contributed by atoms with Crippen LogP contribution in [0.1, 0.15) is 21.9 Å². The Hall–Kier alpha value is -4.11. The number of hydrogen-bond acceptors (Lipinski definition) is 6. The SMILES string of the molecule is Cc1onc(-c2ccccc2Cl)c1NC(=O)NNC(=O)c1c(-c2ccccc2)noc1C. The number of carbonyl (C=O) groups is 2. The highest BCUT2D eigenvalue weighted by Crippen LogP contribution is 2.34. The van der Waals surface area contributed by atoms with Crippen LogP contribution in [0.2, 0.25) is 5.02 Å². The molecule has 162 valence electrons. The van der Waals surface area contributed by atoms with Gasteiger partial charge in [0.15, 0.2) is 5.76 Å². The van der Waals surface area contributed by atoms with Crippen molar-refractivity contribution in [1.29, 1.82) is 0 Å². The number of carbonyl (C=O) groups excluding carboxylic acids is 2. The van der Waals surface area contributed by atoms with Crippen LogP contribution in [-0.2, 0) is 0 Å². The Bertz CT molecular complexity index is 1280. The molecule has 0 atom stereocenters. The summed E-state index contributed by atoms with van der Waals surface area (Å²) in [6.45, 7) is 3.26. The molecule has 0 aliphatic heterocycles. The summed E-state index contributed by atoms with van der Waals surface area (Å²) in [6, 6.07) is 15.4. The van der Waals surface area contributed by atoms with Crippen LogP contribution in [0.4, 0.5) is 10.5 Å². The number of rotatable bonds is 4. The maximum atomic E-state index is 12.7. The van der Waals surface area contributed by atoms with E-state index in [0.29, 0.717) is 44.7 Å². The van der Waals surface area contributed by atoms with Crippen LogP contribution in [0.15, 0.2) is 63.6 Å². The zero-order valence-electron chi connectivity index (χ0n) is 17.1. The number of aromatic nitrogens is 2. The van der Waals surface area contributed by atoms with E-state index in [0.717, 1.165) is 0 Å². The molecule has 0 radical (unpaired) electrons. The van der Waals surface area contributed by atoms with E-state index in [-0.39, 0.29) is 5.56 Å². The molecule has 32 heavy (non-hydrogen) atoms. The first kappa shape index (κ1) is 21.1. The van der Waals surface area contributed by atoms with Crippen LogP contribution in [0.25, 0.3) is 22.5 Å². The molecule has 0 spiro atoms. The molecule has 0 aliphatic rings. The maximum absolute atomic E-state index is 12.7. The summed E-state index contributed by atoms with van der Waals surface area (Å²) in [5.41, 5.74) is 7.27. The lowest BCUT2D eigenvalue weighted by atomic mass is 10.1. The maximum Gasteiger partial charge on any atom is 0.338 e. The molecular formula is C22H18ClN5O4. The van der Waals surface area contributed by atoms with Gasteiger partial charge in [-0.15, -0.1) is 0 Å². The number of urea groups is 1. The number of anilines is 1. The van der Waals surface area contributed by atoms with Gasteiger partial charge in [0.1, 0.15) is 28.4 Å². The number of benzene rings is 2. The van der Waals surface area contributed by atoms with Crippen LogP contribution in [0.3, 0.4) is 0 Å². The smallest absolute Gasteiger partial charge is 0.338 e. The molecule has 4 rings (SSSR count). The van der Waals surface area contributed by atoms with Gasteiger partial charge in [0.25, 0.3) is 5.91 Å². The van der Waals surface area contributed by atoms with Gasteiger partial charge in [0.2, 0.25) is 0 Å². The molecular weight excluding hydrogens is 434 g/mol. The first-order chi connectivity index (χ1) is 15.5. The van der Waals surface area contributed by atoms with Crippen molar-refractivity contribution in [2.45, 2.75) is 13.8 Å². The summed E-state index contributed by atoms with van der Waals surface area (Å²) in [4.78, 5) is 25.2. The van der Waals surface area contributed by atoms with E-state index in [1.54, 1.807) is 50.2 Å². The minimum absolute atomic E-state index is 0.217. The summed E-state index contributed by atoms with van der Waals surface area (Å²) in [5.74, 6) is 0.119. The Balaban J connectivity index is 1.48. The number of aryl methyl sites for hydroxylation is 2. The van der Waals surface area contributed by atoms with Crippen molar-refractivity contribution in [2.75, 3.05) is 5.32 Å². The number of halogens is 1. The molecule has 3 amide bonds. The van der Waals surface area contributed by atoms with Crippen molar-refractivity contribution in [3.05, 3.63) is 76.7 Å². The van der Waals surface area contributed by atoms with Gasteiger partial charge in [0.05, 0.1) is 5.02 Å². The van der Waals surface area contributed by atoms with Gasteiger partial charge >= 0.3 is 6.03 Å². The second-order valence-electron chi connectivity index (χ2n) is 6.80. The van der Waals surface area contributed by atoms with Crippen molar-refractivity contribution in [1.82, 2.24) is 21.2 Å². The minimum Gasteiger partial charge on any atom is -0.360 e. The molecule has 4 aromatic rings. The van der Waals surface area contributed by atoms with Gasteiger partial charge < -0.3 is 14.4 Å². The molecule has 2 aromatic carbocycles. The van der Waals surface area contributed by atoms with E-state index in [4.69, 9.17) is 20.6 Å². The molecule has 0 unspecified atom stereocenters. The fourth-order valence-electron chi connectivity index (χ4n) is 3.11. The minimum atomic E-state index is -0.701. The van der Waals surface area contributed by atoms with E-state index >= 15 is 0 Å². The predicted octanol–water partition coefficient (Wildman–Crippen LogP) is 4.73. The topological polar surface area (TPSA) is 122 Å². The molecule has 2 heterocycles. The van der Waals surface area contributed by atoms with E-state index in [1.807, 2.05) is 18.2 Å². The average Bonchev–Trinajstić information content (AvgIpc) is 3.36. The van der Waals surface area contributed by atoms with E-state index < -0.39 is 11.9 Å². The van der Waals surface area contributed by atoms with Crippen LogP contribution >= 0.6 is 11.6 Å². The highest BCUT2D eigenvalue weighted by Gasteiger charge is 2.23. The van der Waals surface area contributed by atoms with Gasteiger partial charge in [-0.2, -0.15) is 0 Å². The molecule has 0 saturated heterocycles. The summed E-state index contributed by atoms with van der Waals surface area (Å²) < 4.78 is 10.4. The summed E-state index contributed by atoms with van der Waals surface area (Å²) in [7, 11) is 0. The van der Waals surface area contributed by atoms with Crippen molar-refractivity contribution < 1.29 is 18.6 Å². The fraction of sp³-hybridized carbons (Fsp3) is 0.0909. The summed E-state index contributed by atoms with van der Waals surface area (Å²) >= 11 is 6.23. The largest absolute Gasteiger partial charge is 0.360 e. The summed E-state index contributed by atoms with van der Waals surface area (Å²) in [5, 5.41) is 11.0. The predicted molar refractivity (Wildman–Crippen MR) is 118 cm³/mol. The lowest BCUT2D eigenvalue weighted by molar-refractivity contribution is 0.0937. The van der Waals surface area contributed by atoms with Crippen molar-refractivity contribution in [3.63, 3.8) is 0 Å². The van der Waals surface area contributed by atoms with Crippen LogP contribution < -0.4 is 16.2 Å². The monoisotopic (exact) mass is 451 g/mol. The molecule has 3 N–H and O–H groups in total. The molecule has 9 nitrogen and oxygen atoms in total. The Morgan fingerprint density at radius 2 is 1.50 bits per heavy atom. The Morgan fingerprint density at radius 1 is 0.844 bits per heavy atom. The normalized spacial score (nSPS) is 10.6. The van der Waals surface area contributed by atoms with Crippen molar-refractivity contribution in [3.8, 4) is 22.5 Å². The zero-order valence-corrected chi connectivity index (χ0v) is 17.9. The number of amides is 3. The lowest BCUT2D eigenvalue weighted by Crippen LogP contribution is -2.44. The van der Waals surface area contributed by atoms with E-state index in [9.17, 15) is 9.59 Å². The Morgan fingerprint density at radius 3 is 2.25 bits per heavy atom. The third-order valence-electron chi connectivity index (χ3n) is 4.66. The quantitative estimate of drug-likeness (QED) is 0.385. The molecule has 10 heteroatoms. The first-order valence-corrected chi connectivity index (χ1v) is 9.93. The van der Waals surface area contributed by atoms with Crippen LogP contribution in [0, 0.1) is 13.8 Å². The first-order valence-electron chi connectivity index (χ1n) is 9.56. The number of nitrogens with one attached hydrogen (secondary N) is 3. The van der Waals surface area contributed by atoms with E-state index in [1.165, 1.54) is 0 Å². The molecule has 0 saturated carbocycles. The van der Waals surface area contributed by atoms with Gasteiger partial charge in [-0.3, -0.25) is 10.2 Å². The van der Waals surface area contributed by atoms with Gasteiger partial charge in [0, 0.05) is 11.1 Å². The van der Waals surface area contributed by atoms with Gasteiger partial charge in [-0.25, -0.2) is 10.2 Å². The molecule has 0 bridgehead atoms. The van der Waals surface area contributed by atoms with Crippen molar-refractivity contribution in [2.24, 2.45) is 0 Å². The van der Waals surface area contributed by atoms with Crippen LogP contribution in [0.5, 0.6) is 0 Å². The van der Waals surface area contributed by atoms with Crippen LogP contribution in [-0.4, -0.2) is 22.3 Å². The van der Waals surface area contributed by atoms with Gasteiger partial charge in [-0.1, -0.05) is 70.4 Å². The number of hydrazine groups is 1. The second-order valence-corrected chi connectivity index (χ2v) is 7.21. The zero-order chi connectivity index (χ0) is 22.7.